The van der Waals surface area contributed by atoms with E-state index in [0.717, 1.165) is 24.8 Å². The van der Waals surface area contributed by atoms with E-state index < -0.39 is 12.1 Å². The lowest BCUT2D eigenvalue weighted by Crippen LogP contribution is -2.42. The Bertz CT molecular complexity index is 934. The SMILES string of the molecule is CCCCC(c1cccc(I)c1)C(O)CCN1CCC(=O)N1CCc1ccc(C(=O)O)cc1. The molecule has 1 aliphatic rings. The Kier molecular flexibility index (Phi) is 9.70. The number of aliphatic hydroxyl groups is 1. The Hall–Kier alpha value is -1.97. The molecule has 2 aromatic rings. The first-order chi connectivity index (χ1) is 15.9. The average Bonchev–Trinajstić information content (AvgIpc) is 3.16. The summed E-state index contributed by atoms with van der Waals surface area (Å²) in [5, 5.41) is 24.0. The van der Waals surface area contributed by atoms with Crippen molar-refractivity contribution < 1.29 is 19.8 Å². The first kappa shape index (κ1) is 25.6. The zero-order valence-electron chi connectivity index (χ0n) is 19.1. The molecule has 0 spiro atoms. The Morgan fingerprint density at radius 3 is 2.55 bits per heavy atom. The summed E-state index contributed by atoms with van der Waals surface area (Å²) < 4.78 is 1.17. The molecule has 2 atom stereocenters. The monoisotopic (exact) mass is 564 g/mol. The van der Waals surface area contributed by atoms with Crippen LogP contribution in [0.15, 0.2) is 48.5 Å². The Balaban J connectivity index is 1.58. The highest BCUT2D eigenvalue weighted by Crippen LogP contribution is 2.29. The van der Waals surface area contributed by atoms with Crippen molar-refractivity contribution >= 4 is 34.5 Å². The van der Waals surface area contributed by atoms with E-state index in [1.54, 1.807) is 29.3 Å². The lowest BCUT2D eigenvalue weighted by molar-refractivity contribution is -0.138. The summed E-state index contributed by atoms with van der Waals surface area (Å²) in [5.41, 5.74) is 2.44. The Labute approximate surface area is 209 Å². The highest BCUT2D eigenvalue weighted by Gasteiger charge is 2.30. The lowest BCUT2D eigenvalue weighted by Gasteiger charge is -2.30. The van der Waals surface area contributed by atoms with E-state index in [2.05, 4.69) is 52.7 Å². The van der Waals surface area contributed by atoms with Crippen LogP contribution in [0, 0.1) is 3.57 Å². The molecule has 0 radical (unpaired) electrons. The van der Waals surface area contributed by atoms with Gasteiger partial charge in [-0.15, -0.1) is 0 Å². The largest absolute Gasteiger partial charge is 0.478 e. The minimum absolute atomic E-state index is 0.0965. The van der Waals surface area contributed by atoms with E-state index in [1.807, 2.05) is 6.07 Å². The van der Waals surface area contributed by atoms with Crippen molar-refractivity contribution in [2.24, 2.45) is 0 Å². The number of unbranched alkanes of at least 4 members (excludes halogenated alkanes) is 1. The highest BCUT2D eigenvalue weighted by atomic mass is 127. The predicted octanol–water partition coefficient (Wildman–Crippen LogP) is 4.71. The van der Waals surface area contributed by atoms with Gasteiger partial charge in [0.05, 0.1) is 11.7 Å². The Morgan fingerprint density at radius 2 is 1.88 bits per heavy atom. The third-order valence-corrected chi connectivity index (χ3v) is 6.99. The molecule has 2 aromatic carbocycles. The number of carboxylic acid groups (broad SMARTS) is 1. The first-order valence-corrected chi connectivity index (χ1v) is 12.8. The summed E-state index contributed by atoms with van der Waals surface area (Å²) in [6.07, 6.45) is 4.41. The van der Waals surface area contributed by atoms with Crippen LogP contribution in [0.1, 0.15) is 66.4 Å². The van der Waals surface area contributed by atoms with Gasteiger partial charge in [0.2, 0.25) is 5.91 Å². The summed E-state index contributed by atoms with van der Waals surface area (Å²) >= 11 is 2.31. The number of carboxylic acids is 1. The molecule has 0 aliphatic carbocycles. The molecule has 1 saturated heterocycles. The molecule has 0 saturated carbocycles. The topological polar surface area (TPSA) is 81.1 Å². The second-order valence-electron chi connectivity index (χ2n) is 8.63. The van der Waals surface area contributed by atoms with Crippen LogP contribution >= 0.6 is 22.6 Å². The third kappa shape index (κ3) is 7.25. The van der Waals surface area contributed by atoms with Gasteiger partial charge >= 0.3 is 5.97 Å². The molecule has 0 aromatic heterocycles. The minimum atomic E-state index is -0.941. The van der Waals surface area contributed by atoms with Crippen molar-refractivity contribution in [3.05, 3.63) is 68.8 Å². The molecule has 1 fully saturated rings. The van der Waals surface area contributed by atoms with Gasteiger partial charge in [0, 0.05) is 35.5 Å². The van der Waals surface area contributed by atoms with Crippen molar-refractivity contribution in [1.29, 1.82) is 0 Å². The number of carbonyl (C=O) groups excluding carboxylic acids is 1. The van der Waals surface area contributed by atoms with Crippen molar-refractivity contribution in [3.63, 3.8) is 0 Å². The highest BCUT2D eigenvalue weighted by molar-refractivity contribution is 14.1. The number of hydrogen-bond donors (Lipinski definition) is 2. The fourth-order valence-corrected chi connectivity index (χ4v) is 4.97. The summed E-state index contributed by atoms with van der Waals surface area (Å²) in [6.45, 7) is 4.03. The van der Waals surface area contributed by atoms with Gasteiger partial charge < -0.3 is 10.2 Å². The fourth-order valence-electron chi connectivity index (χ4n) is 4.40. The molecular weight excluding hydrogens is 531 g/mol. The van der Waals surface area contributed by atoms with E-state index >= 15 is 0 Å². The van der Waals surface area contributed by atoms with E-state index in [-0.39, 0.29) is 17.4 Å². The number of benzene rings is 2. The maximum Gasteiger partial charge on any atom is 0.335 e. The number of halogens is 1. The van der Waals surface area contributed by atoms with Gasteiger partial charge in [-0.1, -0.05) is 44.0 Å². The maximum absolute atomic E-state index is 12.5. The van der Waals surface area contributed by atoms with Crippen LogP contribution in [0.4, 0.5) is 0 Å². The zero-order valence-corrected chi connectivity index (χ0v) is 21.3. The van der Waals surface area contributed by atoms with Gasteiger partial charge in [0.25, 0.3) is 0 Å². The van der Waals surface area contributed by atoms with Crippen LogP contribution in [0.2, 0.25) is 0 Å². The number of aromatic carboxylic acids is 1. The molecule has 1 aliphatic heterocycles. The number of hydrazine groups is 1. The number of aliphatic hydroxyl groups excluding tert-OH is 1. The van der Waals surface area contributed by atoms with Crippen molar-refractivity contribution in [3.8, 4) is 0 Å². The Morgan fingerprint density at radius 1 is 1.12 bits per heavy atom. The fraction of sp³-hybridized carbons (Fsp3) is 0.462. The van der Waals surface area contributed by atoms with Gasteiger partial charge in [-0.05, 0) is 77.2 Å². The molecule has 1 heterocycles. The molecule has 0 bridgehead atoms. The molecule has 178 valence electrons. The minimum Gasteiger partial charge on any atom is -0.478 e. The third-order valence-electron chi connectivity index (χ3n) is 6.32. The van der Waals surface area contributed by atoms with Crippen LogP contribution in [0.3, 0.4) is 0 Å². The van der Waals surface area contributed by atoms with E-state index in [9.17, 15) is 14.7 Å². The number of carbonyl (C=O) groups is 2. The van der Waals surface area contributed by atoms with E-state index in [0.29, 0.717) is 38.9 Å². The van der Waals surface area contributed by atoms with Crippen LogP contribution in [-0.4, -0.2) is 57.8 Å². The van der Waals surface area contributed by atoms with E-state index in [4.69, 9.17) is 5.11 Å². The number of nitrogens with zero attached hydrogens (tertiary/aromatic N) is 2. The normalized spacial score (nSPS) is 16.2. The second-order valence-corrected chi connectivity index (χ2v) is 9.88. The molecule has 7 heteroatoms. The van der Waals surface area contributed by atoms with Gasteiger partial charge in [-0.3, -0.25) is 9.80 Å². The molecule has 2 unspecified atom stereocenters. The molecule has 3 rings (SSSR count). The van der Waals surface area contributed by atoms with Crippen molar-refractivity contribution in [2.45, 2.75) is 57.5 Å². The average molecular weight is 564 g/mol. The standard InChI is InChI=1S/C26H33IN2O4/c1-2-3-7-23(21-5-4-6-22(27)18-21)24(30)13-15-28-16-14-25(31)29(28)17-12-19-8-10-20(11-9-19)26(32)33/h4-6,8-11,18,23-24,30H,2-3,7,12-17H2,1H3,(H,32,33). The quantitative estimate of drug-likeness (QED) is 0.366. The predicted molar refractivity (Wildman–Crippen MR) is 137 cm³/mol. The molecule has 2 N–H and O–H groups in total. The molecule has 33 heavy (non-hydrogen) atoms. The molecular formula is C26H33IN2O4. The first-order valence-electron chi connectivity index (χ1n) is 11.7. The smallest absolute Gasteiger partial charge is 0.335 e. The van der Waals surface area contributed by atoms with Gasteiger partial charge in [0.1, 0.15) is 0 Å². The van der Waals surface area contributed by atoms with Crippen molar-refractivity contribution in [1.82, 2.24) is 10.0 Å². The lowest BCUT2D eigenvalue weighted by atomic mass is 9.87. The van der Waals surface area contributed by atoms with Crippen LogP contribution in [-0.2, 0) is 11.2 Å². The van der Waals surface area contributed by atoms with Crippen LogP contribution in [0.5, 0.6) is 0 Å². The zero-order chi connectivity index (χ0) is 23.8. The summed E-state index contributed by atoms with van der Waals surface area (Å²) in [5.74, 6) is -0.741. The van der Waals surface area contributed by atoms with E-state index in [1.165, 1.54) is 9.13 Å². The van der Waals surface area contributed by atoms with Gasteiger partial charge in [-0.25, -0.2) is 9.80 Å². The molecule has 6 nitrogen and oxygen atoms in total. The molecule has 1 amide bonds. The number of amides is 1. The van der Waals surface area contributed by atoms with Crippen molar-refractivity contribution in [2.75, 3.05) is 19.6 Å². The summed E-state index contributed by atoms with van der Waals surface area (Å²) in [6, 6.07) is 15.2. The summed E-state index contributed by atoms with van der Waals surface area (Å²) in [4.78, 5) is 23.5. The van der Waals surface area contributed by atoms with Gasteiger partial charge in [-0.2, -0.15) is 0 Å². The van der Waals surface area contributed by atoms with Crippen LogP contribution < -0.4 is 0 Å². The number of rotatable bonds is 12. The van der Waals surface area contributed by atoms with Gasteiger partial charge in [0.15, 0.2) is 0 Å². The second kappa shape index (κ2) is 12.5. The number of hydrogen-bond acceptors (Lipinski definition) is 4. The van der Waals surface area contributed by atoms with Crippen LogP contribution in [0.25, 0.3) is 0 Å². The summed E-state index contributed by atoms with van der Waals surface area (Å²) in [7, 11) is 0. The maximum atomic E-state index is 12.5.